The number of H-pyrrole nitrogens is 1. The summed E-state index contributed by atoms with van der Waals surface area (Å²) < 4.78 is 0. The number of rotatable bonds is 2. The number of likely N-dealkylation sites (N-methyl/N-ethyl adjacent to an activating group) is 1. The van der Waals surface area contributed by atoms with Crippen LogP contribution < -0.4 is 15.8 Å². The van der Waals surface area contributed by atoms with Crippen LogP contribution in [0, 0.1) is 0 Å². The van der Waals surface area contributed by atoms with Crippen molar-refractivity contribution >= 4 is 17.3 Å². The summed E-state index contributed by atoms with van der Waals surface area (Å²) in [6.07, 6.45) is 0.413. The Labute approximate surface area is 156 Å². The maximum Gasteiger partial charge on any atom is 0.345 e. The molecular formula is C19H22N4O4. The summed E-state index contributed by atoms with van der Waals surface area (Å²) in [6, 6.07) is 5.97. The van der Waals surface area contributed by atoms with E-state index in [0.29, 0.717) is 24.2 Å². The quantitative estimate of drug-likeness (QED) is 0.628. The molecule has 142 valence electrons. The van der Waals surface area contributed by atoms with Gasteiger partial charge >= 0.3 is 5.97 Å². The van der Waals surface area contributed by atoms with Gasteiger partial charge in [-0.1, -0.05) is 0 Å². The summed E-state index contributed by atoms with van der Waals surface area (Å²) in [4.78, 5) is 30.8. The number of pyridine rings is 1. The van der Waals surface area contributed by atoms with Gasteiger partial charge in [0.15, 0.2) is 5.56 Å². The fourth-order valence-electron chi connectivity index (χ4n) is 3.78. The summed E-state index contributed by atoms with van der Waals surface area (Å²) in [5.74, 6) is -1.88. The molecule has 4 N–H and O–H groups in total. The highest BCUT2D eigenvalue weighted by molar-refractivity contribution is 5.93. The fourth-order valence-corrected chi connectivity index (χ4v) is 3.78. The smallest absolute Gasteiger partial charge is 0.345 e. The number of carbonyl (C=O) groups is 1. The zero-order valence-electron chi connectivity index (χ0n) is 15.1. The Morgan fingerprint density at radius 3 is 2.63 bits per heavy atom. The van der Waals surface area contributed by atoms with Crippen LogP contribution in [0.1, 0.15) is 15.9 Å². The van der Waals surface area contributed by atoms with Crippen LogP contribution in [0.25, 0.3) is 11.3 Å². The lowest BCUT2D eigenvalue weighted by Gasteiger charge is -2.34. The molecule has 1 fully saturated rings. The maximum atomic E-state index is 12.2. The SMILES string of the molecule is CN1CCN(c2ccc3c(c2)NCCc2c-3[nH]c(=O)c(C(=O)O)c2O)CC1. The van der Waals surface area contributed by atoms with Gasteiger partial charge in [0, 0.05) is 55.2 Å². The number of hydrogen-bond donors (Lipinski definition) is 4. The van der Waals surface area contributed by atoms with Gasteiger partial charge < -0.3 is 30.3 Å². The first kappa shape index (κ1) is 17.4. The van der Waals surface area contributed by atoms with E-state index in [1.165, 1.54) is 0 Å². The molecular weight excluding hydrogens is 348 g/mol. The van der Waals surface area contributed by atoms with Crippen molar-refractivity contribution in [3.8, 4) is 17.0 Å². The third-order valence-electron chi connectivity index (χ3n) is 5.34. The Kier molecular flexibility index (Phi) is 4.27. The second-order valence-electron chi connectivity index (χ2n) is 7.03. The second kappa shape index (κ2) is 6.62. The van der Waals surface area contributed by atoms with Crippen molar-refractivity contribution in [1.82, 2.24) is 9.88 Å². The summed E-state index contributed by atoms with van der Waals surface area (Å²) in [5.41, 5.74) is 2.25. The van der Waals surface area contributed by atoms with E-state index in [-0.39, 0.29) is 0 Å². The fraction of sp³-hybridized carbons (Fsp3) is 0.368. The first-order valence-electron chi connectivity index (χ1n) is 8.99. The van der Waals surface area contributed by atoms with Gasteiger partial charge in [0.1, 0.15) is 5.75 Å². The third-order valence-corrected chi connectivity index (χ3v) is 5.34. The lowest BCUT2D eigenvalue weighted by Crippen LogP contribution is -2.44. The number of carboxylic acid groups (broad SMARTS) is 1. The van der Waals surface area contributed by atoms with Crippen molar-refractivity contribution in [1.29, 1.82) is 0 Å². The number of aromatic carboxylic acids is 1. The molecule has 0 aliphatic carbocycles. The normalized spacial score (nSPS) is 16.9. The Balaban J connectivity index is 1.78. The molecule has 1 aromatic carbocycles. The summed E-state index contributed by atoms with van der Waals surface area (Å²) >= 11 is 0. The van der Waals surface area contributed by atoms with Gasteiger partial charge in [-0.3, -0.25) is 4.79 Å². The number of aromatic nitrogens is 1. The lowest BCUT2D eigenvalue weighted by atomic mass is 10.00. The predicted molar refractivity (Wildman–Crippen MR) is 103 cm³/mol. The zero-order chi connectivity index (χ0) is 19.1. The largest absolute Gasteiger partial charge is 0.506 e. The Hall–Kier alpha value is -3.00. The van der Waals surface area contributed by atoms with Crippen molar-refractivity contribution in [3.05, 3.63) is 39.7 Å². The molecule has 1 saturated heterocycles. The molecule has 0 atom stereocenters. The molecule has 1 aromatic heterocycles. The Morgan fingerprint density at radius 2 is 1.93 bits per heavy atom. The van der Waals surface area contributed by atoms with Crippen LogP contribution in [0.15, 0.2) is 23.0 Å². The van der Waals surface area contributed by atoms with Crippen molar-refractivity contribution < 1.29 is 15.0 Å². The molecule has 2 aliphatic rings. The van der Waals surface area contributed by atoms with Crippen LogP contribution in [0.4, 0.5) is 11.4 Å². The van der Waals surface area contributed by atoms with Crippen LogP contribution in [0.2, 0.25) is 0 Å². The van der Waals surface area contributed by atoms with E-state index in [4.69, 9.17) is 0 Å². The van der Waals surface area contributed by atoms with Crippen molar-refractivity contribution in [2.45, 2.75) is 6.42 Å². The lowest BCUT2D eigenvalue weighted by molar-refractivity contribution is 0.0691. The van der Waals surface area contributed by atoms with Crippen molar-refractivity contribution in [3.63, 3.8) is 0 Å². The highest BCUT2D eigenvalue weighted by Gasteiger charge is 2.26. The van der Waals surface area contributed by atoms with E-state index < -0.39 is 22.8 Å². The van der Waals surface area contributed by atoms with E-state index in [0.717, 1.165) is 43.1 Å². The molecule has 2 aliphatic heterocycles. The number of piperazine rings is 1. The van der Waals surface area contributed by atoms with Gasteiger partial charge in [0.25, 0.3) is 5.56 Å². The van der Waals surface area contributed by atoms with Crippen LogP contribution in [-0.2, 0) is 6.42 Å². The molecule has 0 saturated carbocycles. The minimum atomic E-state index is -1.43. The van der Waals surface area contributed by atoms with Crippen LogP contribution in [0.5, 0.6) is 5.75 Å². The average Bonchev–Trinajstić information content (AvgIpc) is 2.81. The topological polar surface area (TPSA) is 109 Å². The summed E-state index contributed by atoms with van der Waals surface area (Å²) in [6.45, 7) is 4.45. The van der Waals surface area contributed by atoms with E-state index in [9.17, 15) is 19.8 Å². The molecule has 0 bridgehead atoms. The Morgan fingerprint density at radius 1 is 1.19 bits per heavy atom. The first-order valence-corrected chi connectivity index (χ1v) is 8.99. The highest BCUT2D eigenvalue weighted by Crippen LogP contribution is 2.38. The van der Waals surface area contributed by atoms with Gasteiger partial charge in [-0.05, 0) is 31.7 Å². The number of aromatic amines is 1. The number of carboxylic acids is 1. The highest BCUT2D eigenvalue weighted by atomic mass is 16.4. The number of fused-ring (bicyclic) bond motifs is 3. The molecule has 8 heteroatoms. The monoisotopic (exact) mass is 370 g/mol. The standard InChI is InChI=1S/C19H22N4O4/c1-22-6-8-23(9-7-22)11-2-3-12-14(10-11)20-5-4-13-16(12)21-18(25)15(17(13)24)19(26)27/h2-3,10,20H,4-9H2,1H3,(H,26,27)(H2,21,24,25). The molecule has 27 heavy (non-hydrogen) atoms. The summed E-state index contributed by atoms with van der Waals surface area (Å²) in [7, 11) is 2.11. The first-order chi connectivity index (χ1) is 13.0. The molecule has 0 unspecified atom stereocenters. The van der Waals surface area contributed by atoms with Crippen LogP contribution in [-0.4, -0.2) is 65.8 Å². The van der Waals surface area contributed by atoms with Gasteiger partial charge in [-0.25, -0.2) is 4.79 Å². The van der Waals surface area contributed by atoms with Crippen molar-refractivity contribution in [2.24, 2.45) is 0 Å². The predicted octanol–water partition coefficient (Wildman–Crippen LogP) is 1.17. The van der Waals surface area contributed by atoms with E-state index in [2.05, 4.69) is 33.2 Å². The van der Waals surface area contributed by atoms with Gasteiger partial charge in [-0.2, -0.15) is 0 Å². The average molecular weight is 370 g/mol. The van der Waals surface area contributed by atoms with E-state index in [1.54, 1.807) is 0 Å². The van der Waals surface area contributed by atoms with Gasteiger partial charge in [0.2, 0.25) is 0 Å². The third kappa shape index (κ3) is 3.02. The number of hydrogen-bond acceptors (Lipinski definition) is 6. The molecule has 0 amide bonds. The molecule has 3 heterocycles. The van der Waals surface area contributed by atoms with Crippen LogP contribution >= 0.6 is 0 Å². The van der Waals surface area contributed by atoms with Gasteiger partial charge in [0.05, 0.1) is 5.69 Å². The van der Waals surface area contributed by atoms with Crippen LogP contribution in [0.3, 0.4) is 0 Å². The minimum Gasteiger partial charge on any atom is -0.506 e. The zero-order valence-corrected chi connectivity index (χ0v) is 15.1. The molecule has 2 aromatic rings. The molecule has 8 nitrogen and oxygen atoms in total. The second-order valence-corrected chi connectivity index (χ2v) is 7.03. The number of nitrogens with one attached hydrogen (secondary N) is 2. The number of anilines is 2. The molecule has 0 radical (unpaired) electrons. The number of nitrogens with zero attached hydrogens (tertiary/aromatic N) is 2. The van der Waals surface area contributed by atoms with E-state index in [1.807, 2.05) is 12.1 Å². The van der Waals surface area contributed by atoms with E-state index >= 15 is 0 Å². The number of aromatic hydroxyl groups is 1. The Bertz CT molecular complexity index is 961. The molecule has 0 spiro atoms. The maximum absolute atomic E-state index is 12.2. The molecule has 4 rings (SSSR count). The van der Waals surface area contributed by atoms with Crippen molar-refractivity contribution in [2.75, 3.05) is 50.0 Å². The van der Waals surface area contributed by atoms with Gasteiger partial charge in [-0.15, -0.1) is 0 Å². The summed E-state index contributed by atoms with van der Waals surface area (Å²) in [5, 5.41) is 22.9. The minimum absolute atomic E-state index is 0.413. The number of benzene rings is 1.